The van der Waals surface area contributed by atoms with Crippen molar-refractivity contribution in [3.05, 3.63) is 86.1 Å². The quantitative estimate of drug-likeness (QED) is 0.141. The minimum atomic E-state index is -1.01. The van der Waals surface area contributed by atoms with E-state index in [-0.39, 0.29) is 10.7 Å². The van der Waals surface area contributed by atoms with Crippen LogP contribution in [0.4, 0.5) is 5.13 Å². The van der Waals surface area contributed by atoms with E-state index in [1.165, 1.54) is 59.1 Å². The molecule has 9 nitrogen and oxygen atoms in total. The van der Waals surface area contributed by atoms with Crippen molar-refractivity contribution in [2.24, 2.45) is 0 Å². The molecule has 12 heteroatoms. The van der Waals surface area contributed by atoms with Crippen LogP contribution in [0.25, 0.3) is 0 Å². The van der Waals surface area contributed by atoms with Crippen molar-refractivity contribution in [2.45, 2.75) is 36.9 Å². The highest BCUT2D eigenvalue weighted by molar-refractivity contribution is 8.00. The molecule has 206 valence electrons. The Morgan fingerprint density at radius 1 is 1.05 bits per heavy atom. The third kappa shape index (κ3) is 5.21. The number of nitrogens with zero attached hydrogens (tertiary/aromatic N) is 4. The predicted molar refractivity (Wildman–Crippen MR) is 156 cm³/mol. The van der Waals surface area contributed by atoms with Gasteiger partial charge in [-0.25, -0.2) is 4.98 Å². The van der Waals surface area contributed by atoms with Crippen LogP contribution in [-0.2, 0) is 10.5 Å². The summed E-state index contributed by atoms with van der Waals surface area (Å²) in [6.07, 6.45) is 0. The summed E-state index contributed by atoms with van der Waals surface area (Å²) < 4.78 is 11.6. The predicted octanol–water partition coefficient (Wildman–Crippen LogP) is 6.01. The van der Waals surface area contributed by atoms with E-state index in [4.69, 9.17) is 9.47 Å². The first kappa shape index (κ1) is 27.8. The lowest BCUT2D eigenvalue weighted by Crippen LogP contribution is -2.31. The number of amides is 1. The number of aliphatic hydroxyl groups is 1. The number of rotatable bonds is 9. The van der Waals surface area contributed by atoms with Crippen LogP contribution in [0.1, 0.15) is 43.1 Å². The molecule has 0 aliphatic carbocycles. The number of carbonyl (C=O) groups excluding carboxylic acids is 2. The maximum Gasteiger partial charge on any atom is 0.296 e. The summed E-state index contributed by atoms with van der Waals surface area (Å²) in [5.41, 5.74) is 3.27. The number of ether oxygens (including phenoxy) is 2. The van der Waals surface area contributed by atoms with E-state index in [0.717, 1.165) is 5.56 Å². The van der Waals surface area contributed by atoms with Crippen LogP contribution in [0.2, 0.25) is 0 Å². The van der Waals surface area contributed by atoms with Crippen molar-refractivity contribution >= 4 is 51.3 Å². The van der Waals surface area contributed by atoms with Gasteiger partial charge in [0.25, 0.3) is 5.91 Å². The first-order valence-electron chi connectivity index (χ1n) is 12.2. The highest BCUT2D eigenvalue weighted by Gasteiger charge is 2.47. The van der Waals surface area contributed by atoms with Crippen LogP contribution in [0.5, 0.6) is 11.5 Å². The van der Waals surface area contributed by atoms with Crippen LogP contribution in [0.15, 0.2) is 58.1 Å². The molecule has 2 aromatic heterocycles. The van der Waals surface area contributed by atoms with Crippen molar-refractivity contribution in [2.75, 3.05) is 19.1 Å². The fraction of sp³-hybridized carbons (Fsp3) is 0.250. The molecule has 1 unspecified atom stereocenters. The van der Waals surface area contributed by atoms with Gasteiger partial charge in [-0.15, -0.1) is 21.5 Å². The Labute approximate surface area is 243 Å². The molecule has 0 fully saturated rings. The van der Waals surface area contributed by atoms with E-state index in [1.807, 2.05) is 6.92 Å². The lowest BCUT2D eigenvalue weighted by molar-refractivity contribution is -0.117. The monoisotopic (exact) mass is 594 g/mol. The van der Waals surface area contributed by atoms with Crippen molar-refractivity contribution in [1.29, 1.82) is 0 Å². The second-order valence-corrected chi connectivity index (χ2v) is 12.4. The number of carbonyl (C=O) groups is 2. The molecule has 1 aliphatic rings. The fourth-order valence-corrected chi connectivity index (χ4v) is 7.12. The molecule has 2 aromatic carbocycles. The van der Waals surface area contributed by atoms with E-state index in [2.05, 4.69) is 39.4 Å². The van der Waals surface area contributed by atoms with Gasteiger partial charge in [0.05, 0.1) is 35.4 Å². The van der Waals surface area contributed by atoms with Gasteiger partial charge < -0.3 is 14.6 Å². The zero-order valence-electron chi connectivity index (χ0n) is 22.4. The zero-order chi connectivity index (χ0) is 28.6. The highest BCUT2D eigenvalue weighted by atomic mass is 32.2. The molecule has 0 radical (unpaired) electrons. The molecule has 1 atom stereocenters. The Bertz CT molecular complexity index is 1630. The van der Waals surface area contributed by atoms with Gasteiger partial charge in [0.2, 0.25) is 10.9 Å². The lowest BCUT2D eigenvalue weighted by atomic mass is 9.94. The number of ketones is 1. The third-order valence-corrected chi connectivity index (χ3v) is 9.58. The van der Waals surface area contributed by atoms with Gasteiger partial charge in [0, 0.05) is 17.4 Å². The number of methoxy groups -OCH3 is 2. The lowest BCUT2D eigenvalue weighted by Gasteiger charge is -2.25. The summed E-state index contributed by atoms with van der Waals surface area (Å²) in [5, 5.41) is 20.7. The Balaban J connectivity index is 1.56. The number of aliphatic hydroxyl groups excluding tert-OH is 1. The zero-order valence-corrected chi connectivity index (χ0v) is 24.9. The smallest absolute Gasteiger partial charge is 0.296 e. The molecule has 0 saturated heterocycles. The molecule has 4 aromatic rings. The van der Waals surface area contributed by atoms with Gasteiger partial charge >= 0.3 is 0 Å². The Morgan fingerprint density at radius 2 is 1.80 bits per heavy atom. The Kier molecular flexibility index (Phi) is 7.92. The van der Waals surface area contributed by atoms with E-state index in [0.29, 0.717) is 42.7 Å². The number of thiazole rings is 1. The molecule has 5 rings (SSSR count). The molecule has 0 saturated carbocycles. The first-order chi connectivity index (χ1) is 19.2. The molecular weight excluding hydrogens is 569 g/mol. The summed E-state index contributed by atoms with van der Waals surface area (Å²) in [7, 11) is 3.03. The summed E-state index contributed by atoms with van der Waals surface area (Å²) >= 11 is 3.93. The average Bonchev–Trinajstić information content (AvgIpc) is 3.63. The number of aryl methyl sites for hydroxylation is 3. The molecular formula is C28H26N4O5S3. The highest BCUT2D eigenvalue weighted by Crippen LogP contribution is 2.47. The van der Waals surface area contributed by atoms with Gasteiger partial charge in [-0.1, -0.05) is 52.9 Å². The van der Waals surface area contributed by atoms with Gasteiger partial charge in [-0.3, -0.25) is 14.5 Å². The molecule has 0 bridgehead atoms. The number of aromatic nitrogens is 3. The maximum atomic E-state index is 13.9. The number of hydrogen-bond acceptors (Lipinski definition) is 11. The largest absolute Gasteiger partial charge is 0.503 e. The standard InChI is InChI=1S/C28H26N4O5S3/c1-14-6-8-17(9-7-14)13-38-28-31-30-27(40-28)32-22(19-11-10-18(36-4)12-20(19)37-5)21(24(34)26(32)35)23(33)25-15(2)29-16(3)39-25/h6-12,22,34H,13H2,1-5H3. The Morgan fingerprint density at radius 3 is 2.45 bits per heavy atom. The molecule has 40 heavy (non-hydrogen) atoms. The van der Waals surface area contributed by atoms with Gasteiger partial charge in [0.1, 0.15) is 17.5 Å². The molecule has 0 spiro atoms. The van der Waals surface area contributed by atoms with Crippen molar-refractivity contribution < 1.29 is 24.2 Å². The van der Waals surface area contributed by atoms with E-state index in [9.17, 15) is 14.7 Å². The number of Topliss-reactive ketones (excluding diaryl/α,β-unsaturated/α-hetero) is 1. The van der Waals surface area contributed by atoms with Crippen LogP contribution in [0.3, 0.4) is 0 Å². The van der Waals surface area contributed by atoms with Crippen molar-refractivity contribution in [1.82, 2.24) is 15.2 Å². The SMILES string of the molecule is COc1ccc(C2C(C(=O)c3sc(C)nc3C)=C(O)C(=O)N2c2nnc(SCc3ccc(C)cc3)s2)c(OC)c1. The minimum absolute atomic E-state index is 0.0655. The van der Waals surface area contributed by atoms with Crippen LogP contribution in [0, 0.1) is 20.8 Å². The molecule has 1 aliphatic heterocycles. The Hall–Kier alpha value is -3.74. The second-order valence-electron chi connectivity index (χ2n) is 9.05. The number of benzene rings is 2. The van der Waals surface area contributed by atoms with E-state index in [1.54, 1.807) is 32.0 Å². The summed E-state index contributed by atoms with van der Waals surface area (Å²) in [5.74, 6) is -0.248. The normalized spacial score (nSPS) is 15.2. The van der Waals surface area contributed by atoms with Crippen LogP contribution in [-0.4, -0.2) is 46.2 Å². The first-order valence-corrected chi connectivity index (χ1v) is 14.8. The van der Waals surface area contributed by atoms with Crippen LogP contribution >= 0.6 is 34.4 Å². The molecule has 1 N–H and O–H groups in total. The minimum Gasteiger partial charge on any atom is -0.503 e. The fourth-order valence-electron chi connectivity index (χ4n) is 4.42. The van der Waals surface area contributed by atoms with Gasteiger partial charge in [-0.05, 0) is 38.5 Å². The molecule has 3 heterocycles. The maximum absolute atomic E-state index is 13.9. The molecule has 1 amide bonds. The van der Waals surface area contributed by atoms with Gasteiger partial charge in [-0.2, -0.15) is 0 Å². The van der Waals surface area contributed by atoms with E-state index >= 15 is 0 Å². The van der Waals surface area contributed by atoms with Gasteiger partial charge in [0.15, 0.2) is 10.1 Å². The number of anilines is 1. The summed E-state index contributed by atoms with van der Waals surface area (Å²) in [6, 6.07) is 12.3. The second kappa shape index (κ2) is 11.4. The van der Waals surface area contributed by atoms with Crippen molar-refractivity contribution in [3.8, 4) is 11.5 Å². The van der Waals surface area contributed by atoms with Crippen LogP contribution < -0.4 is 14.4 Å². The number of thioether (sulfide) groups is 1. The van der Waals surface area contributed by atoms with Crippen molar-refractivity contribution in [3.63, 3.8) is 0 Å². The topological polar surface area (TPSA) is 115 Å². The number of hydrogen-bond donors (Lipinski definition) is 1. The summed E-state index contributed by atoms with van der Waals surface area (Å²) in [4.78, 5) is 33.5. The third-order valence-electron chi connectivity index (χ3n) is 6.38. The average molecular weight is 595 g/mol. The summed E-state index contributed by atoms with van der Waals surface area (Å²) in [6.45, 7) is 5.57. The van der Waals surface area contributed by atoms with E-state index < -0.39 is 23.5 Å².